The first-order chi connectivity index (χ1) is 34.9. The molecule has 5 unspecified atom stereocenters. The highest BCUT2D eigenvalue weighted by Crippen LogP contribution is 2.35. The van der Waals surface area contributed by atoms with Crippen LogP contribution >= 0.6 is 8.58 Å². The fraction of sp³-hybridized carbons (Fsp3) is 0.971. The van der Waals surface area contributed by atoms with Crippen LogP contribution < -0.4 is 0 Å². The average Bonchev–Trinajstić information content (AvgIpc) is 3.38. The largest absolute Gasteiger partial charge is 0.375 e. The van der Waals surface area contributed by atoms with Gasteiger partial charge in [-0.25, -0.2) is 4.39 Å². The number of hydrogen-bond acceptors (Lipinski definition) is 1. The first kappa shape index (κ1) is 86.0. The topological polar surface area (TPSA) is 9.23 Å². The normalized spacial score (nSPS) is 12.6. The maximum absolute atomic E-state index is 13.7. The van der Waals surface area contributed by atoms with Crippen molar-refractivity contribution in [1.29, 1.82) is 0 Å². The summed E-state index contributed by atoms with van der Waals surface area (Å²) in [5.41, 5.74) is 0. The zero-order chi connectivity index (χ0) is 55.9. The molecule has 0 aromatic carbocycles. The van der Waals surface area contributed by atoms with Crippen LogP contribution in [0.5, 0.6) is 0 Å². The molecule has 0 spiro atoms. The quantitative estimate of drug-likeness (QED) is 0.0335. The maximum Gasteiger partial charge on any atom is 0.149 e. The number of halogens is 1. The van der Waals surface area contributed by atoms with E-state index in [9.17, 15) is 4.39 Å². The summed E-state index contributed by atoms with van der Waals surface area (Å²) in [7, 11) is 0.279. The van der Waals surface area contributed by atoms with Crippen LogP contribution in [0, 0.1) is 11.8 Å². The van der Waals surface area contributed by atoms with E-state index in [-0.39, 0.29) is 14.7 Å². The van der Waals surface area contributed by atoms with E-state index < -0.39 is 5.41 Å². The van der Waals surface area contributed by atoms with Crippen molar-refractivity contribution in [2.24, 2.45) is 11.8 Å². The van der Waals surface area contributed by atoms with E-state index in [0.717, 1.165) is 12.3 Å². The lowest BCUT2D eigenvalue weighted by molar-refractivity contribution is -0.00453. The van der Waals surface area contributed by atoms with E-state index in [1.165, 1.54) is 283 Å². The molecule has 0 rings (SSSR count). The van der Waals surface area contributed by atoms with Crippen molar-refractivity contribution >= 4 is 8.58 Å². The zero-order valence-electron chi connectivity index (χ0n) is 54.3. The Bertz CT molecular complexity index is 799. The van der Waals surface area contributed by atoms with Gasteiger partial charge in [0.2, 0.25) is 0 Å². The van der Waals surface area contributed by atoms with Crippen LogP contribution in [-0.2, 0) is 4.74 Å². The Hall–Kier alpha value is 0.0600. The number of unbranched alkanes of at least 4 members (excludes halogenated alkanes) is 36. The molecule has 0 aliphatic heterocycles. The van der Waals surface area contributed by atoms with E-state index in [1.807, 2.05) is 34.4 Å². The van der Waals surface area contributed by atoms with Gasteiger partial charge in [-0.05, 0) is 45.7 Å². The SMILES string of the molecule is C=CC.CC.CCC.CCC(C)CCOC(C)C(C)(F)PC.CCCCCCC.CCCCCCCCCCCCCCC.CCCCCCCCCCCCCCCC(C)CCCCCCCCCCC. The third-order valence-corrected chi connectivity index (χ3v) is 15.3. The van der Waals surface area contributed by atoms with Crippen LogP contribution in [-0.4, -0.2) is 24.8 Å². The molecular weight excluding hydrogens is 895 g/mol. The molecule has 0 N–H and O–H groups in total. The molecule has 0 radical (unpaired) electrons. The van der Waals surface area contributed by atoms with Gasteiger partial charge in [0.15, 0.2) is 0 Å². The Morgan fingerprint density at radius 1 is 0.403 bits per heavy atom. The Kier molecular flexibility index (Phi) is 101. The van der Waals surface area contributed by atoms with Crippen molar-refractivity contribution in [3.05, 3.63) is 12.7 Å². The summed E-state index contributed by atoms with van der Waals surface area (Å²) < 4.78 is 19.2. The predicted molar refractivity (Wildman–Crippen MR) is 344 cm³/mol. The standard InChI is InChI=1S/C28H58.C15H32.C11H24FOP.C7H16.C3H8.C3H6.C2H6/c1-4-6-8-10-12-14-15-16-17-19-21-23-25-27-28(3)26-24-22-20-18-13-11-9-7-5-2;1-3-5-7-9-11-13-15-14-12-10-8-6-4-2;1-6-9(2)7-8-13-10(3)11(4,12)14-5;1-3-5-7-6-4-2;2*1-3-2;1-2/h28H,4-27H2,1-3H3;3-15H2,1-2H3;9-10,14H,6-8H2,1-5H3;3-7H2,1-2H3;3H2,1-2H3;3H,1H2,2H3;1-2H3. The lowest BCUT2D eigenvalue weighted by atomic mass is 9.95. The van der Waals surface area contributed by atoms with Crippen molar-refractivity contribution in [1.82, 2.24) is 0 Å². The monoisotopic (exact) mass is 1050 g/mol. The number of rotatable bonds is 47. The molecule has 0 bridgehead atoms. The van der Waals surface area contributed by atoms with Crippen molar-refractivity contribution in [2.75, 3.05) is 13.3 Å². The molecule has 0 saturated heterocycles. The highest BCUT2D eigenvalue weighted by molar-refractivity contribution is 7.38. The van der Waals surface area contributed by atoms with Crippen LogP contribution in [0.2, 0.25) is 0 Å². The molecule has 0 amide bonds. The van der Waals surface area contributed by atoms with Crippen LogP contribution in [0.3, 0.4) is 0 Å². The minimum atomic E-state index is -1.16. The molecular formula is C69H150FOP. The van der Waals surface area contributed by atoms with Gasteiger partial charge in [0.25, 0.3) is 0 Å². The number of ether oxygens (including phenoxy) is 1. The molecule has 0 aromatic heterocycles. The molecule has 0 aromatic rings. The Labute approximate surface area is 464 Å². The number of hydrogen-bond donors (Lipinski definition) is 0. The van der Waals surface area contributed by atoms with Crippen molar-refractivity contribution < 1.29 is 9.13 Å². The molecule has 0 fully saturated rings. The minimum absolute atomic E-state index is 0.279. The molecule has 0 saturated carbocycles. The summed E-state index contributed by atoms with van der Waals surface area (Å²) in [6, 6.07) is 0. The Balaban J connectivity index is -0.000000162. The van der Waals surface area contributed by atoms with Gasteiger partial charge < -0.3 is 4.74 Å². The highest BCUT2D eigenvalue weighted by Gasteiger charge is 2.29. The second-order valence-corrected chi connectivity index (χ2v) is 23.4. The van der Waals surface area contributed by atoms with Gasteiger partial charge in [-0.2, -0.15) is 0 Å². The third kappa shape index (κ3) is 95.8. The summed E-state index contributed by atoms with van der Waals surface area (Å²) in [5, 5.41) is -1.16. The fourth-order valence-electron chi connectivity index (χ4n) is 8.24. The van der Waals surface area contributed by atoms with Crippen molar-refractivity contribution in [2.45, 2.75) is 411 Å². The average molecular weight is 1050 g/mol. The number of allylic oxidation sites excluding steroid dienone is 1. The lowest BCUT2D eigenvalue weighted by Crippen LogP contribution is -2.30. The van der Waals surface area contributed by atoms with E-state index in [0.29, 0.717) is 12.5 Å². The molecule has 0 heterocycles. The van der Waals surface area contributed by atoms with Crippen LogP contribution in [0.15, 0.2) is 12.7 Å². The first-order valence-corrected chi connectivity index (χ1v) is 35.0. The smallest absolute Gasteiger partial charge is 0.149 e. The highest BCUT2D eigenvalue weighted by atomic mass is 31.1. The second kappa shape index (κ2) is 85.0. The molecule has 72 heavy (non-hydrogen) atoms. The van der Waals surface area contributed by atoms with E-state index >= 15 is 0 Å². The van der Waals surface area contributed by atoms with E-state index in [1.54, 1.807) is 13.0 Å². The predicted octanol–water partition coefficient (Wildman–Crippen LogP) is 27.6. The second-order valence-electron chi connectivity index (χ2n) is 22.0. The van der Waals surface area contributed by atoms with Crippen LogP contribution in [0.1, 0.15) is 400 Å². The Morgan fingerprint density at radius 2 is 0.597 bits per heavy atom. The van der Waals surface area contributed by atoms with Gasteiger partial charge in [0.05, 0.1) is 6.10 Å². The molecule has 444 valence electrons. The summed E-state index contributed by atoms with van der Waals surface area (Å²) in [5.74, 6) is 1.65. The van der Waals surface area contributed by atoms with Gasteiger partial charge >= 0.3 is 0 Å². The maximum atomic E-state index is 13.7. The number of alkyl halides is 1. The molecule has 0 aliphatic carbocycles. The van der Waals surface area contributed by atoms with Crippen molar-refractivity contribution in [3.63, 3.8) is 0 Å². The molecule has 0 aliphatic rings. The lowest BCUT2D eigenvalue weighted by Gasteiger charge is -2.26. The van der Waals surface area contributed by atoms with Crippen LogP contribution in [0.4, 0.5) is 4.39 Å². The van der Waals surface area contributed by atoms with Gasteiger partial charge in [0.1, 0.15) is 5.41 Å². The van der Waals surface area contributed by atoms with Gasteiger partial charge in [-0.15, -0.1) is 6.58 Å². The van der Waals surface area contributed by atoms with E-state index in [4.69, 9.17) is 4.74 Å². The zero-order valence-corrected chi connectivity index (χ0v) is 55.3. The van der Waals surface area contributed by atoms with Crippen molar-refractivity contribution in [3.8, 4) is 0 Å². The Morgan fingerprint density at radius 3 is 0.792 bits per heavy atom. The summed E-state index contributed by atoms with van der Waals surface area (Å²) in [6.07, 6.45) is 66.1. The molecule has 3 heteroatoms. The molecule has 1 nitrogen and oxygen atoms in total. The summed E-state index contributed by atoms with van der Waals surface area (Å²) in [4.78, 5) is 0. The van der Waals surface area contributed by atoms with E-state index in [2.05, 4.69) is 82.7 Å². The van der Waals surface area contributed by atoms with Gasteiger partial charge in [-0.1, -0.05) is 387 Å². The minimum Gasteiger partial charge on any atom is -0.375 e. The summed E-state index contributed by atoms with van der Waals surface area (Å²) in [6.45, 7) is 40.0. The van der Waals surface area contributed by atoms with Gasteiger partial charge in [-0.3, -0.25) is 0 Å². The third-order valence-electron chi connectivity index (χ3n) is 13.9. The fourth-order valence-corrected chi connectivity index (χ4v) is 8.73. The molecule has 5 atom stereocenters. The first-order valence-electron chi connectivity index (χ1n) is 33.5. The summed E-state index contributed by atoms with van der Waals surface area (Å²) >= 11 is 0. The van der Waals surface area contributed by atoms with Crippen LogP contribution in [0.25, 0.3) is 0 Å². The van der Waals surface area contributed by atoms with Gasteiger partial charge in [0, 0.05) is 6.61 Å².